The van der Waals surface area contributed by atoms with E-state index in [0.717, 1.165) is 12.1 Å². The summed E-state index contributed by atoms with van der Waals surface area (Å²) in [6.45, 7) is 3.61. The van der Waals surface area contributed by atoms with Gasteiger partial charge in [-0.2, -0.15) is 0 Å². The van der Waals surface area contributed by atoms with Crippen LogP contribution in [0.25, 0.3) is 0 Å². The van der Waals surface area contributed by atoms with Crippen LogP contribution in [0.1, 0.15) is 18.1 Å². The number of nitrogens with zero attached hydrogens (tertiary/aromatic N) is 1. The first-order chi connectivity index (χ1) is 11.1. The minimum Gasteiger partial charge on any atom is -0.505 e. The third-order valence-corrected chi connectivity index (χ3v) is 3.40. The average molecular weight is 464 g/mol. The Bertz CT molecular complexity index is 680. The van der Waals surface area contributed by atoms with Crippen LogP contribution in [0, 0.1) is 5.82 Å². The highest BCUT2D eigenvalue weighted by molar-refractivity contribution is 14.0. The fraction of sp³-hybridized carbons (Fsp3) is 0.235. The largest absolute Gasteiger partial charge is 0.505 e. The third kappa shape index (κ3) is 6.52. The first-order valence-electron chi connectivity index (χ1n) is 7.32. The molecule has 0 radical (unpaired) electrons. The molecular formula is C17H20ClFIN3O. The van der Waals surface area contributed by atoms with Gasteiger partial charge in [0.2, 0.25) is 0 Å². The molecule has 4 nitrogen and oxygen atoms in total. The van der Waals surface area contributed by atoms with E-state index in [9.17, 15) is 9.50 Å². The molecule has 0 spiro atoms. The average Bonchev–Trinajstić information content (AvgIpc) is 2.55. The van der Waals surface area contributed by atoms with Gasteiger partial charge < -0.3 is 15.7 Å². The molecule has 0 aliphatic rings. The fourth-order valence-corrected chi connectivity index (χ4v) is 2.07. The van der Waals surface area contributed by atoms with Crippen molar-refractivity contribution in [2.24, 2.45) is 4.99 Å². The second kappa shape index (κ2) is 10.4. The first-order valence-corrected chi connectivity index (χ1v) is 7.70. The van der Waals surface area contributed by atoms with Gasteiger partial charge in [0.05, 0.1) is 6.54 Å². The van der Waals surface area contributed by atoms with Crippen LogP contribution < -0.4 is 10.6 Å². The van der Waals surface area contributed by atoms with Gasteiger partial charge in [-0.1, -0.05) is 29.8 Å². The molecule has 7 heteroatoms. The Balaban J connectivity index is 0.00000288. The number of aromatic hydroxyl groups is 1. The summed E-state index contributed by atoms with van der Waals surface area (Å²) in [7, 11) is 0. The number of benzene rings is 2. The minimum atomic E-state index is -0.642. The summed E-state index contributed by atoms with van der Waals surface area (Å²) in [5.74, 6) is -0.363. The van der Waals surface area contributed by atoms with Crippen molar-refractivity contribution in [3.05, 3.63) is 64.4 Å². The molecule has 0 bridgehead atoms. The number of phenolic OH excluding ortho intramolecular Hbond substituents is 1. The lowest BCUT2D eigenvalue weighted by Gasteiger charge is -2.11. The highest BCUT2D eigenvalue weighted by atomic mass is 127. The number of phenols is 1. The summed E-state index contributed by atoms with van der Waals surface area (Å²) in [6.07, 6.45) is 0. The van der Waals surface area contributed by atoms with Gasteiger partial charge >= 0.3 is 0 Å². The van der Waals surface area contributed by atoms with Crippen molar-refractivity contribution in [1.29, 1.82) is 0 Å². The maximum atomic E-state index is 13.3. The maximum Gasteiger partial charge on any atom is 0.191 e. The maximum absolute atomic E-state index is 13.3. The molecule has 0 unspecified atom stereocenters. The molecule has 0 saturated carbocycles. The Kier molecular flexibility index (Phi) is 8.84. The molecule has 0 saturated heterocycles. The van der Waals surface area contributed by atoms with Crippen molar-refractivity contribution in [2.75, 3.05) is 6.54 Å². The van der Waals surface area contributed by atoms with E-state index < -0.39 is 5.82 Å². The van der Waals surface area contributed by atoms with Gasteiger partial charge in [0.1, 0.15) is 0 Å². The molecule has 2 rings (SSSR count). The summed E-state index contributed by atoms with van der Waals surface area (Å²) in [5.41, 5.74) is 1.76. The summed E-state index contributed by atoms with van der Waals surface area (Å²) < 4.78 is 13.3. The van der Waals surface area contributed by atoms with Crippen LogP contribution in [0.5, 0.6) is 5.75 Å². The Morgan fingerprint density at radius 1 is 1.12 bits per heavy atom. The number of halogens is 3. The molecule has 0 fully saturated rings. The summed E-state index contributed by atoms with van der Waals surface area (Å²) in [4.78, 5) is 4.41. The molecule has 3 N–H and O–H groups in total. The van der Waals surface area contributed by atoms with Crippen LogP contribution in [-0.4, -0.2) is 17.6 Å². The van der Waals surface area contributed by atoms with Gasteiger partial charge in [0, 0.05) is 18.1 Å². The number of rotatable bonds is 5. The van der Waals surface area contributed by atoms with Gasteiger partial charge in [-0.3, -0.25) is 0 Å². The molecule has 0 aliphatic carbocycles. The van der Waals surface area contributed by atoms with Crippen LogP contribution in [0.4, 0.5) is 4.39 Å². The topological polar surface area (TPSA) is 56.7 Å². The molecular weight excluding hydrogens is 444 g/mol. The molecule has 0 heterocycles. The van der Waals surface area contributed by atoms with Crippen LogP contribution in [0.2, 0.25) is 5.02 Å². The van der Waals surface area contributed by atoms with E-state index in [1.165, 1.54) is 12.1 Å². The van der Waals surface area contributed by atoms with Gasteiger partial charge in [-0.05, 0) is 42.3 Å². The van der Waals surface area contributed by atoms with Crippen molar-refractivity contribution in [2.45, 2.75) is 20.0 Å². The van der Waals surface area contributed by atoms with Gasteiger partial charge in [-0.15, -0.1) is 24.0 Å². The predicted molar refractivity (Wildman–Crippen MR) is 107 cm³/mol. The molecule has 130 valence electrons. The zero-order valence-electron chi connectivity index (χ0n) is 13.2. The van der Waals surface area contributed by atoms with E-state index >= 15 is 0 Å². The number of hydrogen-bond acceptors (Lipinski definition) is 2. The highest BCUT2D eigenvalue weighted by Gasteiger charge is 2.02. The van der Waals surface area contributed by atoms with Crippen molar-refractivity contribution in [3.63, 3.8) is 0 Å². The van der Waals surface area contributed by atoms with E-state index in [1.54, 1.807) is 6.07 Å². The normalized spacial score (nSPS) is 10.9. The third-order valence-electron chi connectivity index (χ3n) is 3.15. The summed E-state index contributed by atoms with van der Waals surface area (Å²) >= 11 is 5.86. The lowest BCUT2D eigenvalue weighted by atomic mass is 10.2. The molecule has 24 heavy (non-hydrogen) atoms. The quantitative estimate of drug-likeness (QED) is 0.356. The standard InChI is InChI=1S/C17H19ClFN3O.HI/c1-2-20-17(21-10-12-3-6-14(18)7-4-12)22-11-13-5-8-16(23)15(19)9-13;/h3-9,23H,2,10-11H2,1H3,(H2,20,21,22);1H. The number of guanidine groups is 1. The molecule has 0 aliphatic heterocycles. The molecule has 2 aromatic carbocycles. The van der Waals surface area contributed by atoms with Crippen molar-refractivity contribution in [3.8, 4) is 5.75 Å². The monoisotopic (exact) mass is 463 g/mol. The van der Waals surface area contributed by atoms with Crippen molar-refractivity contribution in [1.82, 2.24) is 10.6 Å². The Hall–Kier alpha value is -1.54. The van der Waals surface area contributed by atoms with Crippen LogP contribution in [-0.2, 0) is 13.1 Å². The van der Waals surface area contributed by atoms with E-state index in [0.29, 0.717) is 29.6 Å². The zero-order valence-corrected chi connectivity index (χ0v) is 16.3. The SMILES string of the molecule is CCNC(=NCc1ccc(O)c(F)c1)NCc1ccc(Cl)cc1.I. The first kappa shape index (κ1) is 20.5. The number of hydrogen-bond donors (Lipinski definition) is 3. The van der Waals surface area contributed by atoms with Gasteiger partial charge in [0.15, 0.2) is 17.5 Å². The molecule has 0 atom stereocenters. The fourth-order valence-electron chi connectivity index (χ4n) is 1.95. The Morgan fingerprint density at radius 3 is 2.42 bits per heavy atom. The molecule has 0 amide bonds. The van der Waals surface area contributed by atoms with E-state index in [4.69, 9.17) is 11.6 Å². The smallest absolute Gasteiger partial charge is 0.191 e. The summed E-state index contributed by atoms with van der Waals surface area (Å²) in [6, 6.07) is 11.8. The van der Waals surface area contributed by atoms with Crippen molar-refractivity contribution < 1.29 is 9.50 Å². The van der Waals surface area contributed by atoms with Crippen LogP contribution in [0.15, 0.2) is 47.5 Å². The van der Waals surface area contributed by atoms with Gasteiger partial charge in [-0.25, -0.2) is 9.38 Å². The van der Waals surface area contributed by atoms with Crippen molar-refractivity contribution >= 4 is 41.5 Å². The summed E-state index contributed by atoms with van der Waals surface area (Å²) in [5, 5.41) is 16.2. The zero-order chi connectivity index (χ0) is 16.7. The van der Waals surface area contributed by atoms with E-state index in [2.05, 4.69) is 15.6 Å². The molecule has 0 aromatic heterocycles. The highest BCUT2D eigenvalue weighted by Crippen LogP contribution is 2.16. The Morgan fingerprint density at radius 2 is 1.79 bits per heavy atom. The van der Waals surface area contributed by atoms with E-state index in [1.807, 2.05) is 31.2 Å². The number of nitrogens with one attached hydrogen (secondary N) is 2. The van der Waals surface area contributed by atoms with E-state index in [-0.39, 0.29) is 29.7 Å². The molecule has 2 aromatic rings. The minimum absolute atomic E-state index is 0. The second-order valence-corrected chi connectivity index (χ2v) is 5.40. The predicted octanol–water partition coefficient (Wildman–Crippen LogP) is 4.06. The second-order valence-electron chi connectivity index (χ2n) is 4.96. The lowest BCUT2D eigenvalue weighted by molar-refractivity contribution is 0.432. The van der Waals surface area contributed by atoms with Crippen LogP contribution in [0.3, 0.4) is 0 Å². The Labute approximate surface area is 163 Å². The lowest BCUT2D eigenvalue weighted by Crippen LogP contribution is -2.36. The van der Waals surface area contributed by atoms with Gasteiger partial charge in [0.25, 0.3) is 0 Å². The van der Waals surface area contributed by atoms with Crippen LogP contribution >= 0.6 is 35.6 Å². The number of aliphatic imine (C=N–C) groups is 1.